The molecule has 0 radical (unpaired) electrons. The Balaban J connectivity index is 2.12. The summed E-state index contributed by atoms with van der Waals surface area (Å²) in [6, 6.07) is 10.8. The molecule has 0 spiro atoms. The molecule has 0 atom stereocenters. The van der Waals surface area contributed by atoms with Crippen LogP contribution in [0.5, 0.6) is 0 Å². The van der Waals surface area contributed by atoms with Gasteiger partial charge in [-0.2, -0.15) is 0 Å². The van der Waals surface area contributed by atoms with E-state index in [2.05, 4.69) is 10.3 Å². The predicted octanol–water partition coefficient (Wildman–Crippen LogP) is 1.92. The van der Waals surface area contributed by atoms with Crippen LogP contribution in [0.25, 0.3) is 0 Å². The first-order valence-corrected chi connectivity index (χ1v) is 6.10. The number of amides is 1. The molecule has 1 aromatic carbocycles. The molecule has 98 valence electrons. The summed E-state index contributed by atoms with van der Waals surface area (Å²) in [6.45, 7) is 3.93. The fourth-order valence-electron chi connectivity index (χ4n) is 1.96. The molecule has 1 aromatic heterocycles. The summed E-state index contributed by atoms with van der Waals surface area (Å²) in [5, 5.41) is 2.76. The lowest BCUT2D eigenvalue weighted by atomic mass is 10.1. The van der Waals surface area contributed by atoms with Gasteiger partial charge in [0.25, 0.3) is 11.5 Å². The maximum absolute atomic E-state index is 11.9. The number of benzene rings is 1. The summed E-state index contributed by atoms with van der Waals surface area (Å²) in [7, 11) is 0. The van der Waals surface area contributed by atoms with Crippen molar-refractivity contribution >= 4 is 5.91 Å². The summed E-state index contributed by atoms with van der Waals surface area (Å²) in [5.41, 5.74) is 2.74. The Labute approximate surface area is 111 Å². The van der Waals surface area contributed by atoms with Crippen LogP contribution in [0.15, 0.2) is 41.2 Å². The Bertz CT molecular complexity index is 645. The van der Waals surface area contributed by atoms with E-state index < -0.39 is 0 Å². The van der Waals surface area contributed by atoms with Crippen molar-refractivity contribution in [1.82, 2.24) is 10.3 Å². The van der Waals surface area contributed by atoms with Crippen LogP contribution in [0.1, 0.15) is 27.2 Å². The maximum Gasteiger partial charge on any atom is 0.253 e. The van der Waals surface area contributed by atoms with Crippen molar-refractivity contribution in [2.75, 3.05) is 0 Å². The lowest BCUT2D eigenvalue weighted by molar-refractivity contribution is 0.0951. The highest BCUT2D eigenvalue weighted by molar-refractivity contribution is 5.94. The molecule has 19 heavy (non-hydrogen) atoms. The Morgan fingerprint density at radius 2 is 1.89 bits per heavy atom. The summed E-state index contributed by atoms with van der Waals surface area (Å²) < 4.78 is 0. The summed E-state index contributed by atoms with van der Waals surface area (Å²) in [5.74, 6) is -0.181. The third kappa shape index (κ3) is 3.10. The second-order valence-corrected chi connectivity index (χ2v) is 4.49. The van der Waals surface area contributed by atoms with Crippen molar-refractivity contribution in [1.29, 1.82) is 0 Å². The van der Waals surface area contributed by atoms with Crippen molar-refractivity contribution in [3.8, 4) is 0 Å². The number of pyridine rings is 1. The fourth-order valence-corrected chi connectivity index (χ4v) is 1.96. The summed E-state index contributed by atoms with van der Waals surface area (Å²) >= 11 is 0. The largest absolute Gasteiger partial charge is 0.348 e. The number of carbonyl (C=O) groups excluding carboxylic acids is 1. The minimum absolute atomic E-state index is 0.147. The monoisotopic (exact) mass is 256 g/mol. The molecule has 0 fully saturated rings. The van der Waals surface area contributed by atoms with Crippen molar-refractivity contribution in [2.45, 2.75) is 20.4 Å². The van der Waals surface area contributed by atoms with E-state index in [1.54, 1.807) is 24.3 Å². The normalized spacial score (nSPS) is 10.2. The molecule has 0 bridgehead atoms. The van der Waals surface area contributed by atoms with Gasteiger partial charge in [0.05, 0.1) is 0 Å². The van der Waals surface area contributed by atoms with E-state index >= 15 is 0 Å². The van der Waals surface area contributed by atoms with Gasteiger partial charge in [0.2, 0.25) is 0 Å². The van der Waals surface area contributed by atoms with Gasteiger partial charge >= 0.3 is 0 Å². The molecule has 4 nitrogen and oxygen atoms in total. The molecule has 4 heteroatoms. The first-order valence-electron chi connectivity index (χ1n) is 6.10. The molecule has 0 unspecified atom stereocenters. The van der Waals surface area contributed by atoms with Gasteiger partial charge in [-0.05, 0) is 37.6 Å². The van der Waals surface area contributed by atoms with E-state index in [9.17, 15) is 9.59 Å². The molecule has 0 saturated carbocycles. The molecule has 1 heterocycles. The molecule has 1 amide bonds. The summed E-state index contributed by atoms with van der Waals surface area (Å²) in [6.07, 6.45) is 0. The molecule has 2 rings (SSSR count). The van der Waals surface area contributed by atoms with Crippen LogP contribution in [-0.4, -0.2) is 10.9 Å². The number of nitrogens with one attached hydrogen (secondary N) is 2. The predicted molar refractivity (Wildman–Crippen MR) is 74.1 cm³/mol. The van der Waals surface area contributed by atoms with E-state index in [-0.39, 0.29) is 18.0 Å². The third-order valence-electron chi connectivity index (χ3n) is 2.96. The average molecular weight is 256 g/mol. The fraction of sp³-hybridized carbons (Fsp3) is 0.200. The zero-order chi connectivity index (χ0) is 13.8. The van der Waals surface area contributed by atoms with Gasteiger partial charge in [-0.1, -0.05) is 18.2 Å². The van der Waals surface area contributed by atoms with Gasteiger partial charge in [-0.15, -0.1) is 0 Å². The van der Waals surface area contributed by atoms with Crippen molar-refractivity contribution < 1.29 is 4.79 Å². The van der Waals surface area contributed by atoms with Crippen LogP contribution in [0.2, 0.25) is 0 Å². The zero-order valence-corrected chi connectivity index (χ0v) is 11.0. The van der Waals surface area contributed by atoms with Crippen LogP contribution in [0, 0.1) is 13.8 Å². The van der Waals surface area contributed by atoms with Crippen LogP contribution in [0.4, 0.5) is 0 Å². The molecule has 0 aliphatic rings. The van der Waals surface area contributed by atoms with E-state index in [4.69, 9.17) is 0 Å². The Morgan fingerprint density at radius 1 is 1.21 bits per heavy atom. The number of aryl methyl sites for hydroxylation is 2. The molecular weight excluding hydrogens is 240 g/mol. The van der Waals surface area contributed by atoms with Crippen LogP contribution >= 0.6 is 0 Å². The molecule has 0 aliphatic carbocycles. The SMILES string of the molecule is Cc1cc(C)c(CNC(=O)c2ccccc2)c(=O)[nH]1. The number of aromatic amines is 1. The quantitative estimate of drug-likeness (QED) is 0.881. The van der Waals surface area contributed by atoms with Gasteiger partial charge in [-0.3, -0.25) is 9.59 Å². The first kappa shape index (κ1) is 13.1. The smallest absolute Gasteiger partial charge is 0.253 e. The maximum atomic E-state index is 11.9. The van der Waals surface area contributed by atoms with E-state index in [0.29, 0.717) is 11.1 Å². The lowest BCUT2D eigenvalue weighted by Crippen LogP contribution is -2.27. The summed E-state index contributed by atoms with van der Waals surface area (Å²) in [4.78, 5) is 26.4. The number of rotatable bonds is 3. The molecule has 0 saturated heterocycles. The van der Waals surface area contributed by atoms with Gasteiger partial charge in [0.15, 0.2) is 0 Å². The number of hydrogen-bond donors (Lipinski definition) is 2. The van der Waals surface area contributed by atoms with E-state index in [1.807, 2.05) is 26.0 Å². The first-order chi connectivity index (χ1) is 9.08. The minimum Gasteiger partial charge on any atom is -0.348 e. The number of aromatic nitrogens is 1. The molecule has 2 N–H and O–H groups in total. The van der Waals surface area contributed by atoms with Crippen molar-refractivity contribution in [3.05, 3.63) is 69.1 Å². The molecule has 2 aromatic rings. The standard InChI is InChI=1S/C15H16N2O2/c1-10-8-11(2)17-15(19)13(10)9-16-14(18)12-6-4-3-5-7-12/h3-8H,9H2,1-2H3,(H,16,18)(H,17,19). The van der Waals surface area contributed by atoms with Gasteiger partial charge < -0.3 is 10.3 Å². The highest BCUT2D eigenvalue weighted by Gasteiger charge is 2.08. The minimum atomic E-state index is -0.181. The number of hydrogen-bond acceptors (Lipinski definition) is 2. The Hall–Kier alpha value is -2.36. The van der Waals surface area contributed by atoms with Gasteiger partial charge in [-0.25, -0.2) is 0 Å². The number of H-pyrrole nitrogens is 1. The zero-order valence-electron chi connectivity index (χ0n) is 11.0. The average Bonchev–Trinajstić information content (AvgIpc) is 2.38. The molecule has 0 aliphatic heterocycles. The van der Waals surface area contributed by atoms with Gasteiger partial charge in [0, 0.05) is 23.4 Å². The number of carbonyl (C=O) groups is 1. The van der Waals surface area contributed by atoms with Crippen LogP contribution < -0.4 is 10.9 Å². The highest BCUT2D eigenvalue weighted by Crippen LogP contribution is 2.04. The second-order valence-electron chi connectivity index (χ2n) is 4.49. The Morgan fingerprint density at radius 3 is 2.53 bits per heavy atom. The Kier molecular flexibility index (Phi) is 3.80. The topological polar surface area (TPSA) is 62.0 Å². The van der Waals surface area contributed by atoms with Crippen molar-refractivity contribution in [2.24, 2.45) is 0 Å². The van der Waals surface area contributed by atoms with Crippen LogP contribution in [-0.2, 0) is 6.54 Å². The molecular formula is C15H16N2O2. The van der Waals surface area contributed by atoms with Crippen molar-refractivity contribution in [3.63, 3.8) is 0 Å². The van der Waals surface area contributed by atoms with Crippen LogP contribution in [0.3, 0.4) is 0 Å². The van der Waals surface area contributed by atoms with E-state index in [0.717, 1.165) is 11.3 Å². The third-order valence-corrected chi connectivity index (χ3v) is 2.96. The lowest BCUT2D eigenvalue weighted by Gasteiger charge is -2.08. The highest BCUT2D eigenvalue weighted by atomic mass is 16.1. The van der Waals surface area contributed by atoms with E-state index in [1.165, 1.54) is 0 Å². The van der Waals surface area contributed by atoms with Gasteiger partial charge in [0.1, 0.15) is 0 Å². The second kappa shape index (κ2) is 5.52.